The Labute approximate surface area is 156 Å². The van der Waals surface area contributed by atoms with Crippen LogP contribution in [0.15, 0.2) is 30.7 Å². The standard InChI is InChI=1S/C19H23FN6O/c1-11-4-5-16(19(11,2)20)24-17-13(18(21)27)9-23-26-10-12(8-15(17)26)14-6-7-22-25(14)3/h6-11,16,24H,4-5H2,1-3H3,(H2,21,27). The Bertz CT molecular complexity index is 1020. The average molecular weight is 370 g/mol. The molecule has 0 aromatic carbocycles. The maximum Gasteiger partial charge on any atom is 0.252 e. The molecule has 4 rings (SSSR count). The average Bonchev–Trinajstić information content (AvgIpc) is 3.28. The number of primary amides is 1. The van der Waals surface area contributed by atoms with Crippen molar-refractivity contribution in [1.82, 2.24) is 19.4 Å². The molecule has 0 aliphatic heterocycles. The summed E-state index contributed by atoms with van der Waals surface area (Å²) in [5.74, 6) is -0.649. The van der Waals surface area contributed by atoms with Gasteiger partial charge in [-0.05, 0) is 37.8 Å². The number of aryl methyl sites for hydroxylation is 1. The monoisotopic (exact) mass is 370 g/mol. The lowest BCUT2D eigenvalue weighted by molar-refractivity contribution is 0.0999. The van der Waals surface area contributed by atoms with Crippen molar-refractivity contribution >= 4 is 17.1 Å². The Morgan fingerprint density at radius 2 is 2.19 bits per heavy atom. The van der Waals surface area contributed by atoms with Crippen LogP contribution in [0, 0.1) is 5.92 Å². The molecule has 0 radical (unpaired) electrons. The van der Waals surface area contributed by atoms with Crippen molar-refractivity contribution in [2.45, 2.75) is 38.4 Å². The van der Waals surface area contributed by atoms with Crippen LogP contribution in [0.3, 0.4) is 0 Å². The highest BCUT2D eigenvalue weighted by atomic mass is 19.1. The van der Waals surface area contributed by atoms with E-state index in [2.05, 4.69) is 15.5 Å². The predicted molar refractivity (Wildman–Crippen MR) is 101 cm³/mol. The number of nitrogens with one attached hydrogen (secondary N) is 1. The quantitative estimate of drug-likeness (QED) is 0.739. The van der Waals surface area contributed by atoms with E-state index in [1.807, 2.05) is 32.3 Å². The van der Waals surface area contributed by atoms with Crippen molar-refractivity contribution in [2.75, 3.05) is 5.32 Å². The molecule has 1 aliphatic carbocycles. The summed E-state index contributed by atoms with van der Waals surface area (Å²) in [4.78, 5) is 12.0. The molecule has 3 atom stereocenters. The van der Waals surface area contributed by atoms with E-state index in [1.165, 1.54) is 6.20 Å². The van der Waals surface area contributed by atoms with Gasteiger partial charge >= 0.3 is 0 Å². The molecule has 3 aromatic rings. The molecule has 1 amide bonds. The third kappa shape index (κ3) is 2.75. The largest absolute Gasteiger partial charge is 0.377 e. The highest BCUT2D eigenvalue weighted by molar-refractivity contribution is 6.02. The smallest absolute Gasteiger partial charge is 0.252 e. The van der Waals surface area contributed by atoms with Gasteiger partial charge in [-0.1, -0.05) is 6.92 Å². The van der Waals surface area contributed by atoms with Crippen LogP contribution >= 0.6 is 0 Å². The number of fused-ring (bicyclic) bond motifs is 1. The molecule has 7 nitrogen and oxygen atoms in total. The minimum atomic E-state index is -1.37. The van der Waals surface area contributed by atoms with Crippen LogP contribution in [0.1, 0.15) is 37.0 Å². The number of nitrogens with zero attached hydrogens (tertiary/aromatic N) is 4. The molecule has 3 heterocycles. The maximum atomic E-state index is 15.2. The van der Waals surface area contributed by atoms with Crippen molar-refractivity contribution in [1.29, 1.82) is 0 Å². The minimum Gasteiger partial charge on any atom is -0.377 e. The molecule has 1 aliphatic rings. The minimum absolute atomic E-state index is 0.0540. The summed E-state index contributed by atoms with van der Waals surface area (Å²) >= 11 is 0. The third-order valence-corrected chi connectivity index (χ3v) is 5.87. The number of carbonyl (C=O) groups excluding carboxylic acids is 1. The fourth-order valence-electron chi connectivity index (χ4n) is 3.90. The molecule has 3 aromatic heterocycles. The zero-order valence-electron chi connectivity index (χ0n) is 15.6. The van der Waals surface area contributed by atoms with Gasteiger partial charge in [0, 0.05) is 25.0 Å². The molecule has 0 saturated heterocycles. The number of amides is 1. The predicted octanol–water partition coefficient (Wildman–Crippen LogP) is 2.77. The van der Waals surface area contributed by atoms with Crippen LogP contribution in [-0.2, 0) is 7.05 Å². The van der Waals surface area contributed by atoms with Crippen molar-refractivity contribution in [3.05, 3.63) is 36.3 Å². The van der Waals surface area contributed by atoms with Gasteiger partial charge in [0.2, 0.25) is 0 Å². The maximum absolute atomic E-state index is 15.2. The van der Waals surface area contributed by atoms with E-state index in [0.717, 1.165) is 17.7 Å². The van der Waals surface area contributed by atoms with Gasteiger partial charge in [0.05, 0.1) is 34.7 Å². The van der Waals surface area contributed by atoms with Crippen molar-refractivity contribution < 1.29 is 9.18 Å². The summed E-state index contributed by atoms with van der Waals surface area (Å²) in [5.41, 5.74) is 7.47. The molecular weight excluding hydrogens is 347 g/mol. The van der Waals surface area contributed by atoms with Crippen LogP contribution in [-0.4, -0.2) is 37.0 Å². The molecule has 8 heteroatoms. The lowest BCUT2D eigenvalue weighted by Crippen LogP contribution is -2.40. The Morgan fingerprint density at radius 3 is 2.78 bits per heavy atom. The highest BCUT2D eigenvalue weighted by Gasteiger charge is 2.45. The second kappa shape index (κ2) is 6.07. The molecule has 27 heavy (non-hydrogen) atoms. The van der Waals surface area contributed by atoms with Crippen LogP contribution in [0.5, 0.6) is 0 Å². The number of hydrogen-bond acceptors (Lipinski definition) is 4. The number of aromatic nitrogens is 4. The third-order valence-electron chi connectivity index (χ3n) is 5.87. The molecule has 1 saturated carbocycles. The number of anilines is 1. The van der Waals surface area contributed by atoms with Crippen molar-refractivity contribution in [2.24, 2.45) is 18.7 Å². The second-order valence-corrected chi connectivity index (χ2v) is 7.52. The molecule has 0 spiro atoms. The Kier molecular flexibility index (Phi) is 3.94. The van der Waals surface area contributed by atoms with Gasteiger partial charge in [-0.15, -0.1) is 0 Å². The molecule has 142 valence electrons. The van der Waals surface area contributed by atoms with Gasteiger partial charge in [0.1, 0.15) is 5.67 Å². The summed E-state index contributed by atoms with van der Waals surface area (Å²) in [7, 11) is 1.85. The van der Waals surface area contributed by atoms with Gasteiger partial charge in [-0.2, -0.15) is 10.2 Å². The van der Waals surface area contributed by atoms with Crippen molar-refractivity contribution in [3.63, 3.8) is 0 Å². The number of halogens is 1. The number of rotatable bonds is 4. The fourth-order valence-corrected chi connectivity index (χ4v) is 3.90. The Morgan fingerprint density at radius 1 is 1.41 bits per heavy atom. The van der Waals surface area contributed by atoms with Crippen LogP contribution in [0.2, 0.25) is 0 Å². The summed E-state index contributed by atoms with van der Waals surface area (Å²) in [5, 5.41) is 11.8. The molecule has 0 bridgehead atoms. The van der Waals surface area contributed by atoms with Crippen LogP contribution in [0.25, 0.3) is 16.8 Å². The van der Waals surface area contributed by atoms with E-state index >= 15 is 4.39 Å². The fraction of sp³-hybridized carbons (Fsp3) is 0.421. The van der Waals surface area contributed by atoms with Gasteiger partial charge in [0.15, 0.2) is 0 Å². The van der Waals surface area contributed by atoms with Crippen molar-refractivity contribution in [3.8, 4) is 11.3 Å². The van der Waals surface area contributed by atoms with E-state index in [9.17, 15) is 4.79 Å². The lowest BCUT2D eigenvalue weighted by Gasteiger charge is -2.29. The summed E-state index contributed by atoms with van der Waals surface area (Å²) in [6.45, 7) is 3.53. The van der Waals surface area contributed by atoms with E-state index in [0.29, 0.717) is 17.6 Å². The lowest BCUT2D eigenvalue weighted by atomic mass is 9.93. The first kappa shape index (κ1) is 17.5. The first-order chi connectivity index (χ1) is 12.8. The first-order valence-corrected chi connectivity index (χ1v) is 9.04. The van der Waals surface area contributed by atoms with Gasteiger partial charge in [0.25, 0.3) is 5.91 Å². The number of carbonyl (C=O) groups is 1. The zero-order valence-corrected chi connectivity index (χ0v) is 15.6. The van der Waals surface area contributed by atoms with E-state index in [1.54, 1.807) is 22.3 Å². The molecule has 1 fully saturated rings. The highest BCUT2D eigenvalue weighted by Crippen LogP contribution is 2.41. The molecule has 3 unspecified atom stereocenters. The number of nitrogens with two attached hydrogens (primary N) is 1. The summed E-state index contributed by atoms with van der Waals surface area (Å²) in [6, 6.07) is 3.41. The van der Waals surface area contributed by atoms with Crippen LogP contribution in [0.4, 0.5) is 10.1 Å². The Hall–Kier alpha value is -2.90. The van der Waals surface area contributed by atoms with Gasteiger partial charge < -0.3 is 11.1 Å². The summed E-state index contributed by atoms with van der Waals surface area (Å²) in [6.07, 6.45) is 6.48. The summed E-state index contributed by atoms with van der Waals surface area (Å²) < 4.78 is 18.6. The normalized spacial score (nSPS) is 25.2. The second-order valence-electron chi connectivity index (χ2n) is 7.52. The van der Waals surface area contributed by atoms with Crippen LogP contribution < -0.4 is 11.1 Å². The Balaban J connectivity index is 1.84. The van der Waals surface area contributed by atoms with E-state index < -0.39 is 17.6 Å². The van der Waals surface area contributed by atoms with E-state index in [4.69, 9.17) is 5.73 Å². The topological polar surface area (TPSA) is 90.2 Å². The zero-order chi connectivity index (χ0) is 19.3. The van der Waals surface area contributed by atoms with Gasteiger partial charge in [-0.3, -0.25) is 9.48 Å². The van der Waals surface area contributed by atoms with Gasteiger partial charge in [-0.25, -0.2) is 8.91 Å². The number of alkyl halides is 1. The number of hydrogen-bond donors (Lipinski definition) is 2. The molecule has 3 N–H and O–H groups in total. The first-order valence-electron chi connectivity index (χ1n) is 9.04. The molecular formula is C19H23FN6O. The van der Waals surface area contributed by atoms with E-state index in [-0.39, 0.29) is 11.5 Å². The SMILES string of the molecule is CC1CCC(Nc2c(C(N)=O)cnn3cc(-c4ccnn4C)cc23)C1(C)F.